The average Bonchev–Trinajstić information content (AvgIpc) is 2.95. The Balaban J connectivity index is 1.55. The van der Waals surface area contributed by atoms with E-state index in [1.54, 1.807) is 42.5 Å². The molecule has 0 atom stereocenters. The smallest absolute Gasteiger partial charge is 0.417 e. The van der Waals surface area contributed by atoms with Gasteiger partial charge in [0.05, 0.1) is 22.4 Å². The number of hydrogen-bond acceptors (Lipinski definition) is 5. The highest BCUT2D eigenvalue weighted by molar-refractivity contribution is 5.71. The van der Waals surface area contributed by atoms with Crippen LogP contribution in [0.25, 0.3) is 22.8 Å². The first-order valence-electron chi connectivity index (χ1n) is 11.9. The molecule has 0 aliphatic rings. The summed E-state index contributed by atoms with van der Waals surface area (Å²) in [5.74, 6) is 3.99. The van der Waals surface area contributed by atoms with Crippen molar-refractivity contribution < 1.29 is 22.3 Å². The summed E-state index contributed by atoms with van der Waals surface area (Å²) in [5, 5.41) is 0. The lowest BCUT2D eigenvalue weighted by molar-refractivity contribution is -0.137. The van der Waals surface area contributed by atoms with Crippen molar-refractivity contribution >= 4 is 0 Å². The van der Waals surface area contributed by atoms with E-state index in [9.17, 15) is 22.4 Å². The number of hydrogen-bond donors (Lipinski definition) is 1. The summed E-state index contributed by atoms with van der Waals surface area (Å²) in [7, 11) is 0. The number of aromatic amines is 1. The molecule has 0 spiro atoms. The van der Waals surface area contributed by atoms with Gasteiger partial charge in [0.25, 0.3) is 0 Å². The van der Waals surface area contributed by atoms with Crippen molar-refractivity contribution in [2.24, 2.45) is 0 Å². The lowest BCUT2D eigenvalue weighted by Crippen LogP contribution is -2.17. The molecule has 10 heteroatoms. The maximum Gasteiger partial charge on any atom is 0.417 e. The molecule has 0 aliphatic carbocycles. The van der Waals surface area contributed by atoms with Gasteiger partial charge in [-0.05, 0) is 54.6 Å². The Morgan fingerprint density at radius 1 is 0.875 bits per heavy atom. The minimum atomic E-state index is -4.80. The standard InChI is InChI=1S/C30H18F4N4O2/c31-24-17-21(15-14-20(24)13-12-19-7-2-1-3-8-19)27-36-28(38-29(39)37-27)26-23(30(32,33)34)10-6-11-25(26)40-18-22-9-4-5-16-35-22/h1-11,14-17H,18H2,(H,36,37,38,39). The summed E-state index contributed by atoms with van der Waals surface area (Å²) in [6, 6.07) is 21.3. The lowest BCUT2D eigenvalue weighted by Gasteiger charge is -2.17. The fourth-order valence-electron chi connectivity index (χ4n) is 3.82. The van der Waals surface area contributed by atoms with Crippen LogP contribution in [-0.4, -0.2) is 19.9 Å². The number of nitrogens with one attached hydrogen (secondary N) is 1. The molecule has 3 aromatic carbocycles. The van der Waals surface area contributed by atoms with Gasteiger partial charge in [-0.15, -0.1) is 0 Å². The van der Waals surface area contributed by atoms with Crippen molar-refractivity contribution in [3.05, 3.63) is 130 Å². The Bertz CT molecular complexity index is 1780. The summed E-state index contributed by atoms with van der Waals surface area (Å²) in [6.07, 6.45) is -3.27. The van der Waals surface area contributed by atoms with E-state index in [2.05, 4.69) is 31.8 Å². The maximum atomic E-state index is 14.9. The summed E-state index contributed by atoms with van der Waals surface area (Å²) in [4.78, 5) is 26.7. The summed E-state index contributed by atoms with van der Waals surface area (Å²) in [6.45, 7) is -0.131. The zero-order valence-electron chi connectivity index (χ0n) is 20.5. The number of pyridine rings is 1. The first-order valence-corrected chi connectivity index (χ1v) is 11.9. The third-order valence-electron chi connectivity index (χ3n) is 5.66. The largest absolute Gasteiger partial charge is 0.487 e. The van der Waals surface area contributed by atoms with Gasteiger partial charge in [0, 0.05) is 17.3 Å². The second kappa shape index (κ2) is 11.2. The van der Waals surface area contributed by atoms with Crippen LogP contribution in [0.5, 0.6) is 5.75 Å². The van der Waals surface area contributed by atoms with E-state index in [1.807, 2.05) is 6.07 Å². The predicted octanol–water partition coefficient (Wildman–Crippen LogP) is 6.03. The summed E-state index contributed by atoms with van der Waals surface area (Å²) >= 11 is 0. The van der Waals surface area contributed by atoms with Crippen LogP contribution in [0.15, 0.2) is 95.9 Å². The molecule has 1 N–H and O–H groups in total. The van der Waals surface area contributed by atoms with Gasteiger partial charge < -0.3 is 4.74 Å². The van der Waals surface area contributed by atoms with Gasteiger partial charge in [0.15, 0.2) is 5.82 Å². The summed E-state index contributed by atoms with van der Waals surface area (Å²) < 4.78 is 62.7. The molecule has 0 amide bonds. The first-order chi connectivity index (χ1) is 19.3. The van der Waals surface area contributed by atoms with E-state index in [4.69, 9.17) is 4.74 Å². The second-order valence-electron chi connectivity index (χ2n) is 8.42. The number of benzene rings is 3. The third kappa shape index (κ3) is 6.05. The Kier molecular flexibility index (Phi) is 7.37. The van der Waals surface area contributed by atoms with Crippen molar-refractivity contribution in [2.75, 3.05) is 0 Å². The molecule has 0 bridgehead atoms. The highest BCUT2D eigenvalue weighted by Crippen LogP contribution is 2.41. The second-order valence-corrected chi connectivity index (χ2v) is 8.42. The fourth-order valence-corrected chi connectivity index (χ4v) is 3.82. The van der Waals surface area contributed by atoms with Crippen molar-refractivity contribution in [3.8, 4) is 40.4 Å². The molecule has 5 rings (SSSR count). The highest BCUT2D eigenvalue weighted by Gasteiger charge is 2.36. The minimum Gasteiger partial charge on any atom is -0.487 e. The summed E-state index contributed by atoms with van der Waals surface area (Å²) in [5.41, 5.74) is -1.20. The van der Waals surface area contributed by atoms with Crippen LogP contribution in [0.2, 0.25) is 0 Å². The quantitative estimate of drug-likeness (QED) is 0.217. The monoisotopic (exact) mass is 542 g/mol. The Morgan fingerprint density at radius 2 is 1.68 bits per heavy atom. The molecule has 2 aromatic heterocycles. The Hall–Kier alpha value is -5.30. The molecule has 2 heterocycles. The van der Waals surface area contributed by atoms with Crippen molar-refractivity contribution in [3.63, 3.8) is 0 Å². The molecule has 0 aliphatic heterocycles. The number of alkyl halides is 3. The van der Waals surface area contributed by atoms with Gasteiger partial charge in [0.1, 0.15) is 24.0 Å². The van der Waals surface area contributed by atoms with Gasteiger partial charge in [-0.3, -0.25) is 9.97 Å². The highest BCUT2D eigenvalue weighted by atomic mass is 19.4. The van der Waals surface area contributed by atoms with E-state index >= 15 is 0 Å². The van der Waals surface area contributed by atoms with Crippen LogP contribution in [0.1, 0.15) is 22.4 Å². The molecule has 6 nitrogen and oxygen atoms in total. The van der Waals surface area contributed by atoms with Gasteiger partial charge in [-0.1, -0.05) is 42.2 Å². The number of nitrogens with zero attached hydrogens (tertiary/aromatic N) is 3. The molecule has 5 aromatic rings. The van der Waals surface area contributed by atoms with Crippen LogP contribution >= 0.6 is 0 Å². The van der Waals surface area contributed by atoms with E-state index in [1.165, 1.54) is 30.5 Å². The van der Waals surface area contributed by atoms with Crippen LogP contribution in [-0.2, 0) is 12.8 Å². The fraction of sp³-hybridized carbons (Fsp3) is 0.0667. The van der Waals surface area contributed by atoms with Gasteiger partial charge in [-0.2, -0.15) is 18.2 Å². The number of H-pyrrole nitrogens is 1. The molecule has 40 heavy (non-hydrogen) atoms. The van der Waals surface area contributed by atoms with Gasteiger partial charge in [-0.25, -0.2) is 14.2 Å². The van der Waals surface area contributed by atoms with E-state index in [-0.39, 0.29) is 29.3 Å². The molecule has 0 saturated carbocycles. The lowest BCUT2D eigenvalue weighted by atomic mass is 10.0. The minimum absolute atomic E-state index is 0.0792. The van der Waals surface area contributed by atoms with E-state index in [0.717, 1.165) is 12.1 Å². The van der Waals surface area contributed by atoms with Gasteiger partial charge >= 0.3 is 11.9 Å². The molecule has 0 radical (unpaired) electrons. The molecular weight excluding hydrogens is 524 g/mol. The molecule has 198 valence electrons. The van der Waals surface area contributed by atoms with Crippen molar-refractivity contribution in [1.82, 2.24) is 19.9 Å². The maximum absolute atomic E-state index is 14.9. The third-order valence-corrected chi connectivity index (χ3v) is 5.66. The number of halogens is 4. The zero-order chi connectivity index (χ0) is 28.1. The normalized spacial score (nSPS) is 11.0. The van der Waals surface area contributed by atoms with Crippen LogP contribution in [0.4, 0.5) is 17.6 Å². The Morgan fingerprint density at radius 3 is 2.40 bits per heavy atom. The number of aromatic nitrogens is 4. The van der Waals surface area contributed by atoms with E-state index in [0.29, 0.717) is 11.3 Å². The average molecular weight is 542 g/mol. The topological polar surface area (TPSA) is 80.8 Å². The molecule has 0 saturated heterocycles. The van der Waals surface area contributed by atoms with E-state index < -0.39 is 34.6 Å². The molecular formula is C30H18F4N4O2. The van der Waals surface area contributed by atoms with Crippen molar-refractivity contribution in [1.29, 1.82) is 0 Å². The first kappa shape index (κ1) is 26.3. The number of rotatable bonds is 5. The van der Waals surface area contributed by atoms with Gasteiger partial charge in [0.2, 0.25) is 0 Å². The van der Waals surface area contributed by atoms with Crippen molar-refractivity contribution in [2.45, 2.75) is 12.8 Å². The van der Waals surface area contributed by atoms with Crippen LogP contribution in [0, 0.1) is 17.7 Å². The Labute approximate surface area is 225 Å². The number of ether oxygens (including phenoxy) is 1. The van der Waals surface area contributed by atoms with Crippen LogP contribution < -0.4 is 10.4 Å². The predicted molar refractivity (Wildman–Crippen MR) is 139 cm³/mol. The molecule has 0 unspecified atom stereocenters. The SMILES string of the molecule is O=c1nc(-c2ccc(C#Cc3ccccc3)c(F)c2)nc(-c2c(OCc3ccccn3)cccc2C(F)(F)F)[nH]1. The zero-order valence-corrected chi connectivity index (χ0v) is 20.5. The van der Waals surface area contributed by atoms with Crippen LogP contribution in [0.3, 0.4) is 0 Å². The molecule has 0 fully saturated rings.